The van der Waals surface area contributed by atoms with E-state index in [1.165, 1.54) is 19.3 Å². The van der Waals surface area contributed by atoms with E-state index >= 15 is 0 Å². The lowest BCUT2D eigenvalue weighted by molar-refractivity contribution is -0.140. The van der Waals surface area contributed by atoms with Crippen LogP contribution in [-0.2, 0) is 4.79 Å². The summed E-state index contributed by atoms with van der Waals surface area (Å²) in [5.74, 6) is 1.64. The van der Waals surface area contributed by atoms with Crippen molar-refractivity contribution in [2.75, 3.05) is 46.4 Å². The highest BCUT2D eigenvalue weighted by molar-refractivity contribution is 5.94. The standard InChI is InChI=1S/C24H35N3O3/c1-30-21-11-9-20(10-12-21)23(28)27-17-15-25(16-18-27)22(19-7-3-4-8-19)24(29)26-13-5-2-6-14-26/h9-12,19,22H,2-8,13-18H2,1H3. The first-order valence-electron chi connectivity index (χ1n) is 11.6. The lowest BCUT2D eigenvalue weighted by Crippen LogP contribution is -2.59. The summed E-state index contributed by atoms with van der Waals surface area (Å²) in [7, 11) is 1.63. The first-order valence-corrected chi connectivity index (χ1v) is 11.6. The van der Waals surface area contributed by atoms with Crippen molar-refractivity contribution in [3.8, 4) is 5.75 Å². The Morgan fingerprint density at radius 3 is 2.07 bits per heavy atom. The Bertz CT molecular complexity index is 716. The fourth-order valence-electron chi connectivity index (χ4n) is 5.35. The molecule has 2 aliphatic heterocycles. The Morgan fingerprint density at radius 2 is 1.47 bits per heavy atom. The molecule has 1 unspecified atom stereocenters. The van der Waals surface area contributed by atoms with Gasteiger partial charge in [0.1, 0.15) is 5.75 Å². The molecule has 6 heteroatoms. The Kier molecular flexibility index (Phi) is 6.93. The van der Waals surface area contributed by atoms with Crippen LogP contribution in [0.25, 0.3) is 0 Å². The molecular formula is C24H35N3O3. The quantitative estimate of drug-likeness (QED) is 0.745. The predicted octanol–water partition coefficient (Wildman–Crippen LogP) is 3.02. The second-order valence-electron chi connectivity index (χ2n) is 8.93. The van der Waals surface area contributed by atoms with Crippen LogP contribution in [0, 0.1) is 5.92 Å². The van der Waals surface area contributed by atoms with E-state index in [4.69, 9.17) is 4.74 Å². The molecule has 3 aliphatic rings. The summed E-state index contributed by atoms with van der Waals surface area (Å²) in [6.45, 7) is 4.75. The van der Waals surface area contributed by atoms with E-state index in [2.05, 4.69) is 9.80 Å². The molecule has 2 heterocycles. The Balaban J connectivity index is 1.40. The maximum Gasteiger partial charge on any atom is 0.253 e. The van der Waals surface area contributed by atoms with Gasteiger partial charge in [-0.15, -0.1) is 0 Å². The Morgan fingerprint density at radius 1 is 0.833 bits per heavy atom. The van der Waals surface area contributed by atoms with Gasteiger partial charge in [0, 0.05) is 44.8 Å². The molecule has 0 bridgehead atoms. The van der Waals surface area contributed by atoms with Crippen molar-refractivity contribution in [3.05, 3.63) is 29.8 Å². The molecule has 0 N–H and O–H groups in total. The van der Waals surface area contributed by atoms with Crippen LogP contribution < -0.4 is 4.74 Å². The molecule has 1 saturated carbocycles. The highest BCUT2D eigenvalue weighted by Crippen LogP contribution is 2.32. The van der Waals surface area contributed by atoms with Gasteiger partial charge in [-0.3, -0.25) is 14.5 Å². The Labute approximate surface area is 180 Å². The van der Waals surface area contributed by atoms with E-state index in [1.807, 2.05) is 29.2 Å². The van der Waals surface area contributed by atoms with E-state index in [9.17, 15) is 9.59 Å². The molecule has 2 amide bonds. The molecular weight excluding hydrogens is 378 g/mol. The van der Waals surface area contributed by atoms with Gasteiger partial charge in [0.05, 0.1) is 13.2 Å². The third kappa shape index (κ3) is 4.64. The number of likely N-dealkylation sites (tertiary alicyclic amines) is 1. The molecule has 0 radical (unpaired) electrons. The van der Waals surface area contributed by atoms with Gasteiger partial charge in [0.2, 0.25) is 5.91 Å². The topological polar surface area (TPSA) is 53.1 Å². The third-order valence-corrected chi connectivity index (χ3v) is 7.10. The number of methoxy groups -OCH3 is 1. The summed E-state index contributed by atoms with van der Waals surface area (Å²) >= 11 is 0. The number of carbonyl (C=O) groups is 2. The minimum Gasteiger partial charge on any atom is -0.497 e. The molecule has 6 nitrogen and oxygen atoms in total. The molecule has 164 valence electrons. The first kappa shape index (κ1) is 21.2. The second-order valence-corrected chi connectivity index (χ2v) is 8.93. The van der Waals surface area contributed by atoms with Crippen molar-refractivity contribution < 1.29 is 14.3 Å². The van der Waals surface area contributed by atoms with Crippen LogP contribution in [0.15, 0.2) is 24.3 Å². The summed E-state index contributed by atoms with van der Waals surface area (Å²) in [5.41, 5.74) is 0.695. The molecule has 4 rings (SSSR count). The molecule has 30 heavy (non-hydrogen) atoms. The zero-order chi connectivity index (χ0) is 20.9. The van der Waals surface area contributed by atoms with Gasteiger partial charge in [-0.2, -0.15) is 0 Å². The van der Waals surface area contributed by atoms with Crippen molar-refractivity contribution in [1.82, 2.24) is 14.7 Å². The van der Waals surface area contributed by atoms with Crippen LogP contribution in [-0.4, -0.2) is 78.9 Å². The first-order chi connectivity index (χ1) is 14.7. The fraction of sp³-hybridized carbons (Fsp3) is 0.667. The van der Waals surface area contributed by atoms with E-state index in [0.717, 1.165) is 57.6 Å². The van der Waals surface area contributed by atoms with E-state index in [1.54, 1.807) is 7.11 Å². The van der Waals surface area contributed by atoms with Gasteiger partial charge in [-0.25, -0.2) is 0 Å². The van der Waals surface area contributed by atoms with Crippen LogP contribution in [0.4, 0.5) is 0 Å². The number of carbonyl (C=O) groups excluding carboxylic acids is 2. The number of piperidine rings is 1. The number of hydrogen-bond acceptors (Lipinski definition) is 4. The minimum absolute atomic E-state index is 0.00355. The van der Waals surface area contributed by atoms with Gasteiger partial charge in [-0.1, -0.05) is 12.8 Å². The zero-order valence-corrected chi connectivity index (χ0v) is 18.2. The van der Waals surface area contributed by atoms with Gasteiger partial charge in [0.15, 0.2) is 0 Å². The second kappa shape index (κ2) is 9.82. The number of hydrogen-bond donors (Lipinski definition) is 0. The van der Waals surface area contributed by atoms with Crippen LogP contribution in [0.5, 0.6) is 5.75 Å². The third-order valence-electron chi connectivity index (χ3n) is 7.10. The van der Waals surface area contributed by atoms with E-state index < -0.39 is 0 Å². The number of ether oxygens (including phenoxy) is 1. The van der Waals surface area contributed by atoms with Crippen molar-refractivity contribution in [2.45, 2.75) is 51.0 Å². The molecule has 0 aromatic heterocycles. The summed E-state index contributed by atoms with van der Waals surface area (Å²) in [4.78, 5) is 32.8. The lowest BCUT2D eigenvalue weighted by atomic mass is 9.93. The number of amides is 2. The fourth-order valence-corrected chi connectivity index (χ4v) is 5.35. The minimum atomic E-state index is 0.00355. The van der Waals surface area contributed by atoms with E-state index in [0.29, 0.717) is 30.5 Å². The van der Waals surface area contributed by atoms with Gasteiger partial charge in [-0.05, 0) is 62.3 Å². The maximum atomic E-state index is 13.5. The van der Waals surface area contributed by atoms with E-state index in [-0.39, 0.29) is 11.9 Å². The molecule has 1 atom stereocenters. The molecule has 1 aromatic rings. The SMILES string of the molecule is COc1ccc(C(=O)N2CCN(C(C(=O)N3CCCCC3)C3CCCC3)CC2)cc1. The predicted molar refractivity (Wildman–Crippen MR) is 117 cm³/mol. The number of nitrogens with zero attached hydrogens (tertiary/aromatic N) is 3. The Hall–Kier alpha value is -2.08. The average Bonchev–Trinajstić information content (AvgIpc) is 3.34. The number of rotatable bonds is 5. The number of benzene rings is 1. The largest absolute Gasteiger partial charge is 0.497 e. The van der Waals surface area contributed by atoms with Crippen LogP contribution >= 0.6 is 0 Å². The maximum absolute atomic E-state index is 13.5. The summed E-state index contributed by atoms with van der Waals surface area (Å²) in [6, 6.07) is 7.32. The van der Waals surface area contributed by atoms with Crippen molar-refractivity contribution in [1.29, 1.82) is 0 Å². The smallest absolute Gasteiger partial charge is 0.253 e. The molecule has 2 saturated heterocycles. The molecule has 1 aliphatic carbocycles. The van der Waals surface area contributed by atoms with Crippen molar-refractivity contribution in [2.24, 2.45) is 5.92 Å². The molecule has 1 aromatic carbocycles. The van der Waals surface area contributed by atoms with Crippen LogP contribution in [0.2, 0.25) is 0 Å². The monoisotopic (exact) mass is 413 g/mol. The summed E-state index contributed by atoms with van der Waals surface area (Å²) < 4.78 is 5.19. The van der Waals surface area contributed by atoms with Crippen LogP contribution in [0.3, 0.4) is 0 Å². The van der Waals surface area contributed by atoms with Gasteiger partial charge >= 0.3 is 0 Å². The summed E-state index contributed by atoms with van der Waals surface area (Å²) in [6.07, 6.45) is 8.31. The zero-order valence-electron chi connectivity index (χ0n) is 18.2. The normalized spacial score (nSPS) is 22.2. The van der Waals surface area contributed by atoms with Gasteiger partial charge in [0.25, 0.3) is 5.91 Å². The highest BCUT2D eigenvalue weighted by Gasteiger charge is 2.39. The number of piperazine rings is 1. The average molecular weight is 414 g/mol. The van der Waals surface area contributed by atoms with Gasteiger partial charge < -0.3 is 14.5 Å². The summed E-state index contributed by atoms with van der Waals surface area (Å²) in [5, 5.41) is 0. The molecule has 3 fully saturated rings. The highest BCUT2D eigenvalue weighted by atomic mass is 16.5. The van der Waals surface area contributed by atoms with Crippen molar-refractivity contribution >= 4 is 11.8 Å². The van der Waals surface area contributed by atoms with Crippen molar-refractivity contribution in [3.63, 3.8) is 0 Å². The lowest BCUT2D eigenvalue weighted by Gasteiger charge is -2.43. The van der Waals surface area contributed by atoms with Crippen LogP contribution in [0.1, 0.15) is 55.3 Å². The molecule has 0 spiro atoms.